The van der Waals surface area contributed by atoms with Crippen LogP contribution >= 0.6 is 0 Å². The Hall–Kier alpha value is -1.44. The van der Waals surface area contributed by atoms with Gasteiger partial charge < -0.3 is 10.2 Å². The lowest BCUT2D eigenvalue weighted by atomic mass is 10.1. The fourth-order valence-corrected chi connectivity index (χ4v) is 3.68. The van der Waals surface area contributed by atoms with Crippen LogP contribution in [0.2, 0.25) is 0 Å². The molecule has 1 fully saturated rings. The van der Waals surface area contributed by atoms with Crippen molar-refractivity contribution in [1.29, 1.82) is 0 Å². The quantitative estimate of drug-likeness (QED) is 0.761. The van der Waals surface area contributed by atoms with Gasteiger partial charge in [0.2, 0.25) is 15.9 Å². The van der Waals surface area contributed by atoms with Crippen molar-refractivity contribution >= 4 is 15.9 Å². The molecule has 2 rings (SSSR count). The number of sulfonamides is 1. The molecule has 1 aromatic carbocycles. The molecule has 0 saturated heterocycles. The standard InChI is InChI=1S/C17H27N3O3S/c1-13-5-8-16(11-14(13)2)24(22,23)20(4)12-17(21)18-9-10-19(3)15-6-7-15/h5,8,11,15H,6-7,9-10,12H2,1-4H3,(H,18,21). The average Bonchev–Trinajstić information content (AvgIpc) is 3.34. The van der Waals surface area contributed by atoms with E-state index in [-0.39, 0.29) is 17.3 Å². The Morgan fingerprint density at radius 2 is 1.88 bits per heavy atom. The van der Waals surface area contributed by atoms with Gasteiger partial charge in [0.05, 0.1) is 11.4 Å². The molecule has 0 aromatic heterocycles. The van der Waals surface area contributed by atoms with Crippen LogP contribution in [0, 0.1) is 13.8 Å². The molecule has 0 heterocycles. The van der Waals surface area contributed by atoms with Crippen molar-refractivity contribution in [1.82, 2.24) is 14.5 Å². The van der Waals surface area contributed by atoms with Crippen LogP contribution in [0.25, 0.3) is 0 Å². The van der Waals surface area contributed by atoms with Gasteiger partial charge in [-0.25, -0.2) is 8.42 Å². The van der Waals surface area contributed by atoms with E-state index in [4.69, 9.17) is 0 Å². The summed E-state index contributed by atoms with van der Waals surface area (Å²) < 4.78 is 26.2. The Morgan fingerprint density at radius 3 is 2.46 bits per heavy atom. The number of benzene rings is 1. The van der Waals surface area contributed by atoms with Gasteiger partial charge in [0.15, 0.2) is 0 Å². The number of hydrogen-bond acceptors (Lipinski definition) is 4. The first-order valence-corrected chi connectivity index (χ1v) is 9.66. The van der Waals surface area contributed by atoms with Gasteiger partial charge in [-0.15, -0.1) is 0 Å². The van der Waals surface area contributed by atoms with Crippen molar-refractivity contribution in [3.63, 3.8) is 0 Å². The number of hydrogen-bond donors (Lipinski definition) is 1. The Bertz CT molecular complexity index is 699. The molecule has 134 valence electrons. The number of aryl methyl sites for hydroxylation is 2. The molecule has 0 bridgehead atoms. The molecule has 0 spiro atoms. The van der Waals surface area contributed by atoms with Gasteiger partial charge in [-0.1, -0.05) is 6.07 Å². The zero-order valence-corrected chi connectivity index (χ0v) is 15.7. The first-order valence-electron chi connectivity index (χ1n) is 8.22. The molecular formula is C17H27N3O3S. The van der Waals surface area contributed by atoms with Crippen LogP contribution in [0.4, 0.5) is 0 Å². The number of likely N-dealkylation sites (N-methyl/N-ethyl adjacent to an activating group) is 2. The summed E-state index contributed by atoms with van der Waals surface area (Å²) in [6, 6.07) is 5.65. The third kappa shape index (κ3) is 4.78. The van der Waals surface area contributed by atoms with Crippen LogP contribution in [0.1, 0.15) is 24.0 Å². The summed E-state index contributed by atoms with van der Waals surface area (Å²) >= 11 is 0. The van der Waals surface area contributed by atoms with E-state index in [1.165, 1.54) is 19.9 Å². The fourth-order valence-electron chi connectivity index (χ4n) is 2.47. The van der Waals surface area contributed by atoms with E-state index in [0.29, 0.717) is 12.6 Å². The first-order chi connectivity index (χ1) is 11.2. The van der Waals surface area contributed by atoms with Crippen molar-refractivity contribution < 1.29 is 13.2 Å². The minimum Gasteiger partial charge on any atom is -0.354 e. The van der Waals surface area contributed by atoms with E-state index in [1.54, 1.807) is 18.2 Å². The zero-order valence-electron chi connectivity index (χ0n) is 14.9. The monoisotopic (exact) mass is 353 g/mol. The highest BCUT2D eigenvalue weighted by Gasteiger charge is 2.26. The maximum atomic E-state index is 12.5. The van der Waals surface area contributed by atoms with Crippen molar-refractivity contribution in [2.24, 2.45) is 0 Å². The minimum absolute atomic E-state index is 0.178. The Kier molecular flexibility index (Phi) is 6.01. The minimum atomic E-state index is -3.66. The number of carbonyl (C=O) groups is 1. The van der Waals surface area contributed by atoms with E-state index in [9.17, 15) is 13.2 Å². The van der Waals surface area contributed by atoms with Crippen LogP contribution in [0.5, 0.6) is 0 Å². The van der Waals surface area contributed by atoms with Crippen molar-refractivity contribution in [2.45, 2.75) is 37.6 Å². The molecular weight excluding hydrogens is 326 g/mol. The van der Waals surface area contributed by atoms with E-state index in [2.05, 4.69) is 10.2 Å². The normalized spacial score (nSPS) is 15.1. The van der Waals surface area contributed by atoms with Crippen molar-refractivity contribution in [2.75, 3.05) is 33.7 Å². The lowest BCUT2D eigenvalue weighted by Gasteiger charge is -2.19. The summed E-state index contributed by atoms with van der Waals surface area (Å²) in [5.41, 5.74) is 1.95. The van der Waals surface area contributed by atoms with Gasteiger partial charge in [0.25, 0.3) is 0 Å². The molecule has 24 heavy (non-hydrogen) atoms. The second-order valence-electron chi connectivity index (χ2n) is 6.57. The molecule has 0 radical (unpaired) electrons. The summed E-state index contributed by atoms with van der Waals surface area (Å²) in [6.45, 7) is 4.94. The fraction of sp³-hybridized carbons (Fsp3) is 0.588. The third-order valence-electron chi connectivity index (χ3n) is 4.51. The summed E-state index contributed by atoms with van der Waals surface area (Å²) in [6.07, 6.45) is 2.45. The molecule has 1 N–H and O–H groups in total. The second-order valence-corrected chi connectivity index (χ2v) is 8.61. The molecule has 1 aromatic rings. The Balaban J connectivity index is 1.88. The first kappa shape index (κ1) is 18.9. The summed E-state index contributed by atoms with van der Waals surface area (Å²) in [5.74, 6) is -0.283. The maximum absolute atomic E-state index is 12.5. The largest absolute Gasteiger partial charge is 0.354 e. The SMILES string of the molecule is Cc1ccc(S(=O)(=O)N(C)CC(=O)NCCN(C)C2CC2)cc1C. The predicted octanol–water partition coefficient (Wildman–Crippen LogP) is 1.13. The Morgan fingerprint density at radius 1 is 1.21 bits per heavy atom. The number of amides is 1. The van der Waals surface area contributed by atoms with Crippen LogP contribution < -0.4 is 5.32 Å². The molecule has 6 nitrogen and oxygen atoms in total. The van der Waals surface area contributed by atoms with Crippen molar-refractivity contribution in [3.05, 3.63) is 29.3 Å². The van der Waals surface area contributed by atoms with E-state index < -0.39 is 10.0 Å². The lowest BCUT2D eigenvalue weighted by molar-refractivity contribution is -0.121. The van der Waals surface area contributed by atoms with E-state index in [0.717, 1.165) is 22.0 Å². The van der Waals surface area contributed by atoms with Crippen LogP contribution in [0.15, 0.2) is 23.1 Å². The molecule has 1 amide bonds. The van der Waals surface area contributed by atoms with Gasteiger partial charge in [-0.05, 0) is 57.0 Å². The number of carbonyl (C=O) groups excluding carboxylic acids is 1. The summed E-state index contributed by atoms with van der Waals surface area (Å²) in [7, 11) is -0.183. The maximum Gasteiger partial charge on any atom is 0.243 e. The molecule has 1 saturated carbocycles. The number of rotatable bonds is 8. The topological polar surface area (TPSA) is 69.7 Å². The van der Waals surface area contributed by atoms with E-state index >= 15 is 0 Å². The van der Waals surface area contributed by atoms with Gasteiger partial charge in [-0.3, -0.25) is 4.79 Å². The van der Waals surface area contributed by atoms with Crippen molar-refractivity contribution in [3.8, 4) is 0 Å². The van der Waals surface area contributed by atoms with Crippen LogP contribution in [-0.2, 0) is 14.8 Å². The number of nitrogens with one attached hydrogen (secondary N) is 1. The summed E-state index contributed by atoms with van der Waals surface area (Å²) in [5, 5.41) is 2.78. The van der Waals surface area contributed by atoms with Gasteiger partial charge >= 0.3 is 0 Å². The predicted molar refractivity (Wildman–Crippen MR) is 94.4 cm³/mol. The molecule has 1 aliphatic carbocycles. The highest BCUT2D eigenvalue weighted by molar-refractivity contribution is 7.89. The smallest absolute Gasteiger partial charge is 0.243 e. The molecule has 0 unspecified atom stereocenters. The molecule has 1 aliphatic rings. The van der Waals surface area contributed by atoms with E-state index in [1.807, 2.05) is 20.9 Å². The third-order valence-corrected chi connectivity index (χ3v) is 6.31. The molecule has 7 heteroatoms. The molecule has 0 aliphatic heterocycles. The van der Waals surface area contributed by atoms with Crippen LogP contribution in [-0.4, -0.2) is 63.3 Å². The number of nitrogens with zero attached hydrogens (tertiary/aromatic N) is 2. The lowest BCUT2D eigenvalue weighted by Crippen LogP contribution is -2.41. The van der Waals surface area contributed by atoms with Gasteiger partial charge in [0, 0.05) is 26.2 Å². The van der Waals surface area contributed by atoms with Gasteiger partial charge in [-0.2, -0.15) is 4.31 Å². The highest BCUT2D eigenvalue weighted by atomic mass is 32.2. The highest BCUT2D eigenvalue weighted by Crippen LogP contribution is 2.24. The molecule has 0 atom stereocenters. The van der Waals surface area contributed by atoms with Crippen LogP contribution in [0.3, 0.4) is 0 Å². The Labute approximate surface area is 144 Å². The summed E-state index contributed by atoms with van der Waals surface area (Å²) in [4.78, 5) is 14.4. The average molecular weight is 353 g/mol. The second kappa shape index (κ2) is 7.63. The van der Waals surface area contributed by atoms with Gasteiger partial charge in [0.1, 0.15) is 0 Å². The zero-order chi connectivity index (χ0) is 17.9.